The molecule has 5 heteroatoms. The molecule has 0 saturated carbocycles. The summed E-state index contributed by atoms with van der Waals surface area (Å²) in [6, 6.07) is 7.57. The zero-order valence-corrected chi connectivity index (χ0v) is 12.5. The van der Waals surface area contributed by atoms with Crippen molar-refractivity contribution >= 4 is 21.6 Å². The second-order valence-electron chi connectivity index (χ2n) is 4.89. The number of likely N-dealkylation sites (N-methyl/N-ethyl adjacent to an activating group) is 1. The normalized spacial score (nSPS) is 14.1. The molecule has 0 spiro atoms. The quantitative estimate of drug-likeness (QED) is 0.873. The number of aliphatic hydroxyl groups is 1. The molecular formula is C13H18BrN3O. The fraction of sp³-hybridized carbons (Fsp3) is 0.462. The molecule has 0 amide bonds. The van der Waals surface area contributed by atoms with E-state index in [0.717, 1.165) is 10.2 Å². The average molecular weight is 312 g/mol. The van der Waals surface area contributed by atoms with Crippen LogP contribution in [0.2, 0.25) is 0 Å². The highest BCUT2D eigenvalue weighted by atomic mass is 79.9. The van der Waals surface area contributed by atoms with Crippen LogP contribution in [-0.2, 0) is 0 Å². The Kier molecular flexibility index (Phi) is 5.15. The fourth-order valence-electron chi connectivity index (χ4n) is 1.79. The van der Waals surface area contributed by atoms with Crippen LogP contribution in [0.3, 0.4) is 0 Å². The van der Waals surface area contributed by atoms with Crippen LogP contribution in [0.15, 0.2) is 22.7 Å². The first-order valence-corrected chi connectivity index (χ1v) is 6.44. The minimum Gasteiger partial charge on any atom is -0.387 e. The van der Waals surface area contributed by atoms with E-state index in [0.29, 0.717) is 18.7 Å². The van der Waals surface area contributed by atoms with Crippen LogP contribution in [0, 0.1) is 11.3 Å². The van der Waals surface area contributed by atoms with Crippen LogP contribution >= 0.6 is 15.9 Å². The van der Waals surface area contributed by atoms with Gasteiger partial charge in [-0.2, -0.15) is 5.26 Å². The van der Waals surface area contributed by atoms with Crippen molar-refractivity contribution in [3.8, 4) is 6.07 Å². The van der Waals surface area contributed by atoms with Gasteiger partial charge < -0.3 is 15.3 Å². The molecule has 18 heavy (non-hydrogen) atoms. The molecular weight excluding hydrogens is 294 g/mol. The highest BCUT2D eigenvalue weighted by Gasteiger charge is 2.21. The second kappa shape index (κ2) is 6.19. The summed E-state index contributed by atoms with van der Waals surface area (Å²) in [6.07, 6.45) is 0. The number of hydrogen-bond acceptors (Lipinski definition) is 4. The fourth-order valence-corrected chi connectivity index (χ4v) is 2.15. The number of anilines is 1. The van der Waals surface area contributed by atoms with Gasteiger partial charge >= 0.3 is 0 Å². The molecule has 0 aliphatic carbocycles. The summed E-state index contributed by atoms with van der Waals surface area (Å²) in [4.78, 5) is 1.93. The highest BCUT2D eigenvalue weighted by Crippen LogP contribution is 2.21. The Bertz CT molecular complexity index is 452. The summed E-state index contributed by atoms with van der Waals surface area (Å²) >= 11 is 3.33. The summed E-state index contributed by atoms with van der Waals surface area (Å²) in [6.45, 7) is 2.71. The Hall–Kier alpha value is -1.09. The summed E-state index contributed by atoms with van der Waals surface area (Å²) in [5.41, 5.74) is 0.452. The van der Waals surface area contributed by atoms with Crippen molar-refractivity contribution in [2.75, 3.05) is 32.5 Å². The summed E-state index contributed by atoms with van der Waals surface area (Å²) in [7, 11) is 3.82. The van der Waals surface area contributed by atoms with Gasteiger partial charge in [0.15, 0.2) is 0 Å². The standard InChI is InChI=1S/C13H18BrN3O/c1-13(18,9-17(2)3)8-16-12-5-4-11(14)6-10(12)7-15/h4-6,16,18H,8-9H2,1-3H3/t13-/m1/s1. The van der Waals surface area contributed by atoms with Crippen LogP contribution in [0.25, 0.3) is 0 Å². The maximum absolute atomic E-state index is 10.2. The number of rotatable bonds is 5. The largest absolute Gasteiger partial charge is 0.387 e. The highest BCUT2D eigenvalue weighted by molar-refractivity contribution is 9.10. The molecule has 0 saturated heterocycles. The van der Waals surface area contributed by atoms with E-state index in [1.165, 1.54) is 0 Å². The van der Waals surface area contributed by atoms with E-state index in [2.05, 4.69) is 27.3 Å². The molecule has 0 aliphatic heterocycles. The summed E-state index contributed by atoms with van der Waals surface area (Å²) in [5.74, 6) is 0. The molecule has 0 radical (unpaired) electrons. The number of hydrogen-bond donors (Lipinski definition) is 2. The molecule has 4 nitrogen and oxygen atoms in total. The van der Waals surface area contributed by atoms with Gasteiger partial charge in [0.1, 0.15) is 6.07 Å². The summed E-state index contributed by atoms with van der Waals surface area (Å²) in [5, 5.41) is 22.3. The van der Waals surface area contributed by atoms with Crippen molar-refractivity contribution in [3.63, 3.8) is 0 Å². The Balaban J connectivity index is 2.72. The van der Waals surface area contributed by atoms with E-state index in [1.54, 1.807) is 13.0 Å². The molecule has 1 atom stereocenters. The van der Waals surface area contributed by atoms with Gasteiger partial charge in [-0.1, -0.05) is 15.9 Å². The molecule has 98 valence electrons. The van der Waals surface area contributed by atoms with E-state index in [9.17, 15) is 5.11 Å². The van der Waals surface area contributed by atoms with Crippen LogP contribution in [-0.4, -0.2) is 42.8 Å². The number of nitrogens with zero attached hydrogens (tertiary/aromatic N) is 2. The number of nitriles is 1. The molecule has 0 unspecified atom stereocenters. The van der Waals surface area contributed by atoms with Gasteiger partial charge in [-0.3, -0.25) is 0 Å². The third kappa shape index (κ3) is 4.65. The zero-order chi connectivity index (χ0) is 13.8. The predicted octanol–water partition coefficient (Wildman–Crippen LogP) is 2.05. The first-order chi connectivity index (χ1) is 8.34. The van der Waals surface area contributed by atoms with Crippen LogP contribution < -0.4 is 5.32 Å². The van der Waals surface area contributed by atoms with Gasteiger partial charge in [0.2, 0.25) is 0 Å². The second-order valence-corrected chi connectivity index (χ2v) is 5.81. The number of halogens is 1. The molecule has 1 aromatic rings. The van der Waals surface area contributed by atoms with Gasteiger partial charge in [0, 0.05) is 17.6 Å². The molecule has 0 fully saturated rings. The Labute approximate surface area is 116 Å². The van der Waals surface area contributed by atoms with Gasteiger partial charge in [0.05, 0.1) is 16.9 Å². The maximum Gasteiger partial charge on any atom is 0.101 e. The lowest BCUT2D eigenvalue weighted by molar-refractivity contribution is 0.0460. The van der Waals surface area contributed by atoms with Gasteiger partial charge in [-0.25, -0.2) is 0 Å². The lowest BCUT2D eigenvalue weighted by atomic mass is 10.1. The van der Waals surface area contributed by atoms with E-state index < -0.39 is 5.60 Å². The van der Waals surface area contributed by atoms with Crippen molar-refractivity contribution in [2.24, 2.45) is 0 Å². The van der Waals surface area contributed by atoms with Crippen molar-refractivity contribution in [1.29, 1.82) is 5.26 Å². The van der Waals surface area contributed by atoms with Crippen LogP contribution in [0.5, 0.6) is 0 Å². The van der Waals surface area contributed by atoms with Gasteiger partial charge in [-0.05, 0) is 39.2 Å². The van der Waals surface area contributed by atoms with E-state index >= 15 is 0 Å². The number of benzene rings is 1. The monoisotopic (exact) mass is 311 g/mol. The van der Waals surface area contributed by atoms with E-state index in [1.807, 2.05) is 31.1 Å². The van der Waals surface area contributed by atoms with E-state index in [4.69, 9.17) is 5.26 Å². The predicted molar refractivity (Wildman–Crippen MR) is 76.5 cm³/mol. The Morgan fingerprint density at radius 2 is 2.17 bits per heavy atom. The van der Waals surface area contributed by atoms with Crippen molar-refractivity contribution in [1.82, 2.24) is 4.90 Å². The van der Waals surface area contributed by atoms with E-state index in [-0.39, 0.29) is 0 Å². The molecule has 0 aromatic heterocycles. The molecule has 1 rings (SSSR count). The topological polar surface area (TPSA) is 59.3 Å². The summed E-state index contributed by atoms with van der Waals surface area (Å²) < 4.78 is 0.865. The van der Waals surface area contributed by atoms with Gasteiger partial charge in [-0.15, -0.1) is 0 Å². The molecule has 2 N–H and O–H groups in total. The minimum absolute atomic E-state index is 0.390. The van der Waals surface area contributed by atoms with Gasteiger partial charge in [0.25, 0.3) is 0 Å². The molecule has 0 aliphatic rings. The van der Waals surface area contributed by atoms with Crippen molar-refractivity contribution in [2.45, 2.75) is 12.5 Å². The van der Waals surface area contributed by atoms with Crippen molar-refractivity contribution < 1.29 is 5.11 Å². The number of nitrogens with one attached hydrogen (secondary N) is 1. The molecule has 1 aromatic carbocycles. The smallest absolute Gasteiger partial charge is 0.101 e. The van der Waals surface area contributed by atoms with Crippen LogP contribution in [0.4, 0.5) is 5.69 Å². The Morgan fingerprint density at radius 3 is 2.72 bits per heavy atom. The first-order valence-electron chi connectivity index (χ1n) is 5.65. The lowest BCUT2D eigenvalue weighted by Gasteiger charge is -2.27. The molecule has 0 heterocycles. The van der Waals surface area contributed by atoms with Crippen molar-refractivity contribution in [3.05, 3.63) is 28.2 Å². The van der Waals surface area contributed by atoms with Crippen LogP contribution in [0.1, 0.15) is 12.5 Å². The molecule has 0 bridgehead atoms. The SMILES string of the molecule is CN(C)C[C@](C)(O)CNc1ccc(Br)cc1C#N. The third-order valence-corrected chi connectivity index (χ3v) is 2.91. The minimum atomic E-state index is -0.844. The first kappa shape index (κ1) is 15.0. The lowest BCUT2D eigenvalue weighted by Crippen LogP contribution is -2.43. The average Bonchev–Trinajstić information content (AvgIpc) is 2.25. The maximum atomic E-state index is 10.2. The Morgan fingerprint density at radius 1 is 1.50 bits per heavy atom. The third-order valence-electron chi connectivity index (χ3n) is 2.42. The zero-order valence-electron chi connectivity index (χ0n) is 10.9.